The first-order chi connectivity index (χ1) is 7.63. The predicted octanol–water partition coefficient (Wildman–Crippen LogP) is 1.35. The maximum atomic E-state index is 5.80. The first-order valence-electron chi connectivity index (χ1n) is 5.88. The van der Waals surface area contributed by atoms with E-state index in [0.717, 1.165) is 44.0 Å². The Morgan fingerprint density at radius 1 is 1.31 bits per heavy atom. The van der Waals surface area contributed by atoms with Crippen molar-refractivity contribution < 1.29 is 0 Å². The summed E-state index contributed by atoms with van der Waals surface area (Å²) in [5.41, 5.74) is 7.07. The van der Waals surface area contributed by atoms with Crippen LogP contribution in [0.5, 0.6) is 0 Å². The van der Waals surface area contributed by atoms with E-state index >= 15 is 0 Å². The second kappa shape index (κ2) is 4.37. The summed E-state index contributed by atoms with van der Waals surface area (Å²) in [5.74, 6) is 0.990. The molecule has 0 bridgehead atoms. The fourth-order valence-electron chi connectivity index (χ4n) is 2.04. The van der Waals surface area contributed by atoms with Gasteiger partial charge in [0.05, 0.1) is 5.69 Å². The van der Waals surface area contributed by atoms with Gasteiger partial charge in [-0.05, 0) is 43.9 Å². The van der Waals surface area contributed by atoms with Crippen molar-refractivity contribution in [3.63, 3.8) is 0 Å². The van der Waals surface area contributed by atoms with Crippen molar-refractivity contribution in [3.05, 3.63) is 17.8 Å². The second-order valence-corrected chi connectivity index (χ2v) is 5.03. The van der Waals surface area contributed by atoms with Crippen LogP contribution in [0, 0.1) is 12.3 Å². The molecule has 2 rings (SSSR count). The quantitative estimate of drug-likeness (QED) is 0.817. The third-order valence-electron chi connectivity index (χ3n) is 3.57. The maximum absolute atomic E-state index is 5.80. The lowest BCUT2D eigenvalue weighted by molar-refractivity contribution is 0.257. The minimum atomic E-state index is 0.314. The van der Waals surface area contributed by atoms with Gasteiger partial charge >= 0.3 is 0 Å². The molecule has 0 radical (unpaired) electrons. The molecule has 4 nitrogen and oxygen atoms in total. The Morgan fingerprint density at radius 3 is 2.50 bits per heavy atom. The fourth-order valence-corrected chi connectivity index (χ4v) is 2.04. The van der Waals surface area contributed by atoms with Crippen LogP contribution >= 0.6 is 0 Å². The number of aromatic nitrogens is 2. The molecule has 1 aromatic rings. The number of anilines is 1. The molecule has 0 saturated carbocycles. The van der Waals surface area contributed by atoms with Gasteiger partial charge < -0.3 is 10.6 Å². The SMILES string of the molecule is Cc1ccc(N2CCC(C)(CN)CC2)nn1. The highest BCUT2D eigenvalue weighted by molar-refractivity contribution is 5.37. The smallest absolute Gasteiger partial charge is 0.151 e. The number of nitrogens with zero attached hydrogens (tertiary/aromatic N) is 3. The maximum Gasteiger partial charge on any atom is 0.151 e. The predicted molar refractivity (Wildman–Crippen MR) is 65.4 cm³/mol. The summed E-state index contributed by atoms with van der Waals surface area (Å²) in [7, 11) is 0. The van der Waals surface area contributed by atoms with Crippen molar-refractivity contribution in [1.29, 1.82) is 0 Å². The highest BCUT2D eigenvalue weighted by atomic mass is 15.3. The van der Waals surface area contributed by atoms with Crippen LogP contribution in [0.1, 0.15) is 25.5 Å². The molecule has 0 amide bonds. The van der Waals surface area contributed by atoms with Crippen molar-refractivity contribution in [1.82, 2.24) is 10.2 Å². The molecule has 0 unspecified atom stereocenters. The third-order valence-corrected chi connectivity index (χ3v) is 3.57. The van der Waals surface area contributed by atoms with Crippen molar-refractivity contribution in [2.24, 2.45) is 11.1 Å². The number of hydrogen-bond donors (Lipinski definition) is 1. The lowest BCUT2D eigenvalue weighted by Crippen LogP contribution is -2.42. The average molecular weight is 220 g/mol. The lowest BCUT2D eigenvalue weighted by Gasteiger charge is -2.39. The standard InChI is InChI=1S/C12H20N4/c1-10-3-4-11(15-14-10)16-7-5-12(2,9-13)6-8-16/h3-4H,5-9,13H2,1-2H3. The molecule has 16 heavy (non-hydrogen) atoms. The van der Waals surface area contributed by atoms with Crippen LogP contribution in [-0.2, 0) is 0 Å². The molecule has 0 aliphatic carbocycles. The van der Waals surface area contributed by atoms with Gasteiger partial charge in [0.25, 0.3) is 0 Å². The van der Waals surface area contributed by atoms with Gasteiger partial charge in [-0.1, -0.05) is 6.92 Å². The third kappa shape index (κ3) is 2.32. The molecule has 2 N–H and O–H groups in total. The van der Waals surface area contributed by atoms with Crippen molar-refractivity contribution in [2.45, 2.75) is 26.7 Å². The van der Waals surface area contributed by atoms with Crippen LogP contribution in [0.25, 0.3) is 0 Å². The van der Waals surface area contributed by atoms with Gasteiger partial charge in [0.15, 0.2) is 5.82 Å². The minimum absolute atomic E-state index is 0.314. The van der Waals surface area contributed by atoms with Crippen LogP contribution < -0.4 is 10.6 Å². The van der Waals surface area contributed by atoms with Crippen molar-refractivity contribution in [2.75, 3.05) is 24.5 Å². The largest absolute Gasteiger partial charge is 0.355 e. The number of hydrogen-bond acceptors (Lipinski definition) is 4. The van der Waals surface area contributed by atoms with Crippen LogP contribution in [0.4, 0.5) is 5.82 Å². The van der Waals surface area contributed by atoms with Gasteiger partial charge in [0.1, 0.15) is 0 Å². The molecule has 4 heteroatoms. The van der Waals surface area contributed by atoms with E-state index in [4.69, 9.17) is 5.73 Å². The molecule has 0 atom stereocenters. The lowest BCUT2D eigenvalue weighted by atomic mass is 9.80. The zero-order valence-corrected chi connectivity index (χ0v) is 10.1. The molecular formula is C12H20N4. The van der Waals surface area contributed by atoms with E-state index in [1.807, 2.05) is 19.1 Å². The Balaban J connectivity index is 2.01. The summed E-state index contributed by atoms with van der Waals surface area (Å²) in [6.45, 7) is 7.07. The van der Waals surface area contributed by atoms with Gasteiger partial charge in [0, 0.05) is 13.1 Å². The summed E-state index contributed by atoms with van der Waals surface area (Å²) in [6.07, 6.45) is 2.28. The van der Waals surface area contributed by atoms with E-state index in [-0.39, 0.29) is 0 Å². The van der Waals surface area contributed by atoms with Gasteiger partial charge in [-0.15, -0.1) is 5.10 Å². The number of rotatable bonds is 2. The summed E-state index contributed by atoms with van der Waals surface area (Å²) in [6, 6.07) is 4.06. The molecule has 2 heterocycles. The van der Waals surface area contributed by atoms with E-state index in [1.165, 1.54) is 0 Å². The summed E-state index contributed by atoms with van der Waals surface area (Å²) in [5, 5.41) is 8.31. The summed E-state index contributed by atoms with van der Waals surface area (Å²) < 4.78 is 0. The van der Waals surface area contributed by atoms with E-state index in [9.17, 15) is 0 Å². The van der Waals surface area contributed by atoms with E-state index in [0.29, 0.717) is 5.41 Å². The van der Waals surface area contributed by atoms with Crippen LogP contribution in [0.15, 0.2) is 12.1 Å². The first-order valence-corrected chi connectivity index (χ1v) is 5.88. The van der Waals surface area contributed by atoms with Gasteiger partial charge in [-0.2, -0.15) is 5.10 Å². The van der Waals surface area contributed by atoms with Gasteiger partial charge in [-0.25, -0.2) is 0 Å². The van der Waals surface area contributed by atoms with Crippen LogP contribution in [0.3, 0.4) is 0 Å². The molecule has 1 fully saturated rings. The zero-order valence-electron chi connectivity index (χ0n) is 10.1. The van der Waals surface area contributed by atoms with Crippen molar-refractivity contribution in [3.8, 4) is 0 Å². The molecule has 0 aromatic carbocycles. The Kier molecular flexibility index (Phi) is 3.10. The molecule has 88 valence electrons. The molecule has 0 spiro atoms. The number of nitrogens with two attached hydrogens (primary N) is 1. The van der Waals surface area contributed by atoms with E-state index in [2.05, 4.69) is 22.0 Å². The van der Waals surface area contributed by atoms with Gasteiger partial charge in [-0.3, -0.25) is 0 Å². The molecular weight excluding hydrogens is 200 g/mol. The van der Waals surface area contributed by atoms with Crippen LogP contribution in [-0.4, -0.2) is 29.8 Å². The monoisotopic (exact) mass is 220 g/mol. The molecule has 1 aliphatic rings. The Morgan fingerprint density at radius 2 is 2.00 bits per heavy atom. The number of piperidine rings is 1. The normalized spacial score (nSPS) is 19.8. The van der Waals surface area contributed by atoms with Crippen molar-refractivity contribution >= 4 is 5.82 Å². The fraction of sp³-hybridized carbons (Fsp3) is 0.667. The Labute approximate surface area is 96.9 Å². The van der Waals surface area contributed by atoms with E-state index < -0.39 is 0 Å². The average Bonchev–Trinajstić information content (AvgIpc) is 2.32. The second-order valence-electron chi connectivity index (χ2n) is 5.03. The van der Waals surface area contributed by atoms with Crippen LogP contribution in [0.2, 0.25) is 0 Å². The van der Waals surface area contributed by atoms with Gasteiger partial charge in [0.2, 0.25) is 0 Å². The first kappa shape index (κ1) is 11.3. The summed E-state index contributed by atoms with van der Waals surface area (Å²) in [4.78, 5) is 2.30. The highest BCUT2D eigenvalue weighted by Crippen LogP contribution is 2.30. The minimum Gasteiger partial charge on any atom is -0.355 e. The molecule has 1 aliphatic heterocycles. The van der Waals surface area contributed by atoms with E-state index in [1.54, 1.807) is 0 Å². The summed E-state index contributed by atoms with van der Waals surface area (Å²) >= 11 is 0. The topological polar surface area (TPSA) is 55.0 Å². The number of aryl methyl sites for hydroxylation is 1. The zero-order chi connectivity index (χ0) is 11.6. The highest BCUT2D eigenvalue weighted by Gasteiger charge is 2.29. The molecule has 1 saturated heterocycles. The Bertz CT molecular complexity index is 339. The Hall–Kier alpha value is -1.16. The molecule has 1 aromatic heterocycles.